The third-order valence-corrected chi connectivity index (χ3v) is 4.38. The Balaban J connectivity index is 1.40. The Morgan fingerprint density at radius 2 is 1.54 bits per heavy atom. The van der Waals surface area contributed by atoms with Crippen LogP contribution in [0.25, 0.3) is 11.4 Å². The quantitative estimate of drug-likeness (QED) is 0.720. The maximum atomic E-state index is 8.86. The van der Waals surface area contributed by atoms with Crippen LogP contribution in [0.5, 0.6) is 0 Å². The van der Waals surface area contributed by atoms with E-state index in [1.165, 1.54) is 0 Å². The Hall–Kier alpha value is -3.53. The molecular weight excluding hydrogens is 326 g/mol. The second-order valence-corrected chi connectivity index (χ2v) is 5.98. The van der Waals surface area contributed by atoms with Crippen LogP contribution < -0.4 is 9.80 Å². The van der Waals surface area contributed by atoms with Crippen molar-refractivity contribution in [3.05, 3.63) is 60.4 Å². The molecule has 0 spiro atoms. The van der Waals surface area contributed by atoms with E-state index in [-0.39, 0.29) is 0 Å². The molecule has 0 aliphatic carbocycles. The molecule has 1 aliphatic rings. The van der Waals surface area contributed by atoms with Crippen LogP contribution in [0, 0.1) is 11.3 Å². The van der Waals surface area contributed by atoms with Crippen molar-refractivity contribution < 1.29 is 0 Å². The topological polar surface area (TPSA) is 81.8 Å². The molecular formula is C19H17N7. The van der Waals surface area contributed by atoms with Crippen molar-refractivity contribution in [2.75, 3.05) is 36.0 Å². The van der Waals surface area contributed by atoms with Crippen LogP contribution in [0.3, 0.4) is 0 Å². The second-order valence-electron chi connectivity index (χ2n) is 5.98. The zero-order valence-electron chi connectivity index (χ0n) is 14.2. The monoisotopic (exact) mass is 343 g/mol. The first-order valence-corrected chi connectivity index (χ1v) is 8.45. The van der Waals surface area contributed by atoms with Gasteiger partial charge in [-0.3, -0.25) is 4.98 Å². The van der Waals surface area contributed by atoms with Crippen molar-refractivity contribution in [3.8, 4) is 17.5 Å². The normalized spacial score (nSPS) is 14.1. The zero-order valence-corrected chi connectivity index (χ0v) is 14.2. The fourth-order valence-corrected chi connectivity index (χ4v) is 2.95. The molecule has 0 atom stereocenters. The third-order valence-electron chi connectivity index (χ3n) is 4.38. The Labute approximate surface area is 151 Å². The van der Waals surface area contributed by atoms with Crippen LogP contribution in [-0.2, 0) is 0 Å². The fourth-order valence-electron chi connectivity index (χ4n) is 2.95. The molecule has 3 aromatic heterocycles. The maximum absolute atomic E-state index is 8.86. The standard InChI is InChI=1S/C19H17N7/c20-13-15-4-6-18(22-14-15)25-9-11-26(12-10-25)19-7-5-17(23-24-19)16-3-1-2-8-21-16/h1-8,14H,9-12H2. The number of pyridine rings is 2. The molecule has 7 heteroatoms. The lowest BCUT2D eigenvalue weighted by Crippen LogP contribution is -2.47. The van der Waals surface area contributed by atoms with E-state index < -0.39 is 0 Å². The molecule has 1 saturated heterocycles. The Morgan fingerprint density at radius 3 is 2.12 bits per heavy atom. The summed E-state index contributed by atoms with van der Waals surface area (Å²) in [5.74, 6) is 1.78. The summed E-state index contributed by atoms with van der Waals surface area (Å²) in [4.78, 5) is 13.1. The van der Waals surface area contributed by atoms with Crippen molar-refractivity contribution in [1.82, 2.24) is 20.2 Å². The Bertz CT molecular complexity index is 893. The predicted octanol–water partition coefficient (Wildman–Crippen LogP) is 2.13. The summed E-state index contributed by atoms with van der Waals surface area (Å²) in [6.45, 7) is 3.39. The van der Waals surface area contributed by atoms with E-state index >= 15 is 0 Å². The highest BCUT2D eigenvalue weighted by molar-refractivity contribution is 5.55. The molecule has 1 fully saturated rings. The summed E-state index contributed by atoms with van der Waals surface area (Å²) >= 11 is 0. The molecule has 0 radical (unpaired) electrons. The molecule has 4 heterocycles. The van der Waals surface area contributed by atoms with Gasteiger partial charge < -0.3 is 9.80 Å². The number of hydrogen-bond acceptors (Lipinski definition) is 7. The lowest BCUT2D eigenvalue weighted by atomic mass is 10.2. The van der Waals surface area contributed by atoms with E-state index in [0.29, 0.717) is 5.56 Å². The fraction of sp³-hybridized carbons (Fsp3) is 0.211. The smallest absolute Gasteiger partial charge is 0.151 e. The van der Waals surface area contributed by atoms with Crippen LogP contribution >= 0.6 is 0 Å². The zero-order chi connectivity index (χ0) is 17.8. The molecule has 1 aliphatic heterocycles. The third kappa shape index (κ3) is 3.30. The van der Waals surface area contributed by atoms with Crippen LogP contribution in [0.15, 0.2) is 54.9 Å². The molecule has 0 unspecified atom stereocenters. The van der Waals surface area contributed by atoms with E-state index in [4.69, 9.17) is 5.26 Å². The van der Waals surface area contributed by atoms with Gasteiger partial charge in [0.1, 0.15) is 17.6 Å². The van der Waals surface area contributed by atoms with Crippen molar-refractivity contribution in [1.29, 1.82) is 5.26 Å². The van der Waals surface area contributed by atoms with E-state index in [1.54, 1.807) is 18.5 Å². The molecule has 128 valence electrons. The number of rotatable bonds is 3. The number of aromatic nitrogens is 4. The van der Waals surface area contributed by atoms with Gasteiger partial charge in [-0.1, -0.05) is 6.07 Å². The summed E-state index contributed by atoms with van der Waals surface area (Å²) in [6.07, 6.45) is 3.37. The predicted molar refractivity (Wildman–Crippen MR) is 98.6 cm³/mol. The van der Waals surface area contributed by atoms with E-state index in [2.05, 4.69) is 36.0 Å². The first-order valence-electron chi connectivity index (χ1n) is 8.45. The number of anilines is 2. The van der Waals surface area contributed by atoms with Crippen molar-refractivity contribution in [2.24, 2.45) is 0 Å². The van der Waals surface area contributed by atoms with Crippen LogP contribution in [0.2, 0.25) is 0 Å². The van der Waals surface area contributed by atoms with Crippen LogP contribution in [0.4, 0.5) is 11.6 Å². The van der Waals surface area contributed by atoms with Gasteiger partial charge in [-0.05, 0) is 36.4 Å². The van der Waals surface area contributed by atoms with Gasteiger partial charge in [0.15, 0.2) is 5.82 Å². The molecule has 26 heavy (non-hydrogen) atoms. The van der Waals surface area contributed by atoms with Crippen LogP contribution in [-0.4, -0.2) is 46.3 Å². The molecule has 3 aromatic rings. The van der Waals surface area contributed by atoms with Gasteiger partial charge in [0.05, 0.1) is 11.3 Å². The highest BCUT2D eigenvalue weighted by Gasteiger charge is 2.19. The highest BCUT2D eigenvalue weighted by atomic mass is 15.3. The summed E-state index contributed by atoms with van der Waals surface area (Å²) in [5, 5.41) is 17.5. The van der Waals surface area contributed by atoms with E-state index in [9.17, 15) is 0 Å². The minimum atomic E-state index is 0.579. The van der Waals surface area contributed by atoms with Crippen molar-refractivity contribution in [3.63, 3.8) is 0 Å². The molecule has 0 aromatic carbocycles. The van der Waals surface area contributed by atoms with Gasteiger partial charge in [0.25, 0.3) is 0 Å². The molecule has 0 saturated carbocycles. The van der Waals surface area contributed by atoms with Crippen molar-refractivity contribution in [2.45, 2.75) is 0 Å². The lowest BCUT2D eigenvalue weighted by Gasteiger charge is -2.35. The minimum Gasteiger partial charge on any atom is -0.353 e. The number of hydrogen-bond donors (Lipinski definition) is 0. The second kappa shape index (κ2) is 7.15. The summed E-state index contributed by atoms with van der Waals surface area (Å²) in [5.41, 5.74) is 2.17. The summed E-state index contributed by atoms with van der Waals surface area (Å²) < 4.78 is 0. The van der Waals surface area contributed by atoms with Crippen molar-refractivity contribution >= 4 is 11.6 Å². The largest absolute Gasteiger partial charge is 0.353 e. The number of nitrogens with zero attached hydrogens (tertiary/aromatic N) is 7. The van der Waals surface area contributed by atoms with Gasteiger partial charge in [0.2, 0.25) is 0 Å². The Kier molecular flexibility index (Phi) is 4.39. The first-order chi connectivity index (χ1) is 12.8. The highest BCUT2D eigenvalue weighted by Crippen LogP contribution is 2.19. The van der Waals surface area contributed by atoms with Crippen LogP contribution in [0.1, 0.15) is 5.56 Å². The minimum absolute atomic E-state index is 0.579. The summed E-state index contributed by atoms with van der Waals surface area (Å²) in [6, 6.07) is 15.5. The van der Waals surface area contributed by atoms with Gasteiger partial charge >= 0.3 is 0 Å². The SMILES string of the molecule is N#Cc1ccc(N2CCN(c3ccc(-c4ccccn4)nn3)CC2)nc1. The van der Waals surface area contributed by atoms with Gasteiger partial charge in [-0.25, -0.2) is 4.98 Å². The average molecular weight is 343 g/mol. The number of piperazine rings is 1. The molecule has 0 bridgehead atoms. The number of nitriles is 1. The molecule has 7 nitrogen and oxygen atoms in total. The van der Waals surface area contributed by atoms with E-state index in [0.717, 1.165) is 49.2 Å². The van der Waals surface area contributed by atoms with Gasteiger partial charge in [-0.2, -0.15) is 5.26 Å². The first kappa shape index (κ1) is 16.0. The molecule has 0 amide bonds. The molecule has 4 rings (SSSR count). The van der Waals surface area contributed by atoms with Gasteiger partial charge in [0, 0.05) is 38.6 Å². The van der Waals surface area contributed by atoms with Gasteiger partial charge in [-0.15, -0.1) is 10.2 Å². The lowest BCUT2D eigenvalue weighted by molar-refractivity contribution is 0.638. The molecule has 0 N–H and O–H groups in total. The van der Waals surface area contributed by atoms with E-state index in [1.807, 2.05) is 36.4 Å². The Morgan fingerprint density at radius 1 is 0.769 bits per heavy atom. The summed E-state index contributed by atoms with van der Waals surface area (Å²) in [7, 11) is 0. The average Bonchev–Trinajstić information content (AvgIpc) is 2.75. The maximum Gasteiger partial charge on any atom is 0.151 e.